The maximum absolute atomic E-state index is 12.8. The molecule has 1 aliphatic heterocycles. The number of hydrogen-bond donors (Lipinski definition) is 1. The number of amides is 1. The first-order valence-electron chi connectivity index (χ1n) is 7.41. The van der Waals surface area contributed by atoms with Crippen LogP contribution in [0.5, 0.6) is 0 Å². The van der Waals surface area contributed by atoms with Gasteiger partial charge in [-0.1, -0.05) is 23.7 Å². The molecule has 1 aromatic carbocycles. The third kappa shape index (κ3) is 3.37. The largest absolute Gasteiger partial charge is 0.333 e. The minimum Gasteiger partial charge on any atom is -0.333 e. The van der Waals surface area contributed by atoms with Crippen molar-refractivity contribution in [3.05, 3.63) is 46.7 Å². The molecule has 23 heavy (non-hydrogen) atoms. The molecule has 7 heteroatoms. The first-order chi connectivity index (χ1) is 10.6. The average Bonchev–Trinajstić information content (AvgIpc) is 2.89. The monoisotopic (exact) mass is 354 g/mol. The van der Waals surface area contributed by atoms with Crippen LogP contribution in [-0.2, 0) is 0 Å². The first-order valence-corrected chi connectivity index (χ1v) is 7.78. The van der Waals surface area contributed by atoms with Gasteiger partial charge in [0.2, 0.25) is 0 Å². The third-order valence-corrected chi connectivity index (χ3v) is 4.40. The summed E-state index contributed by atoms with van der Waals surface area (Å²) in [5.41, 5.74) is 2.23. The van der Waals surface area contributed by atoms with E-state index < -0.39 is 0 Å². The second-order valence-electron chi connectivity index (χ2n) is 5.56. The van der Waals surface area contributed by atoms with E-state index in [9.17, 15) is 4.79 Å². The van der Waals surface area contributed by atoms with E-state index in [4.69, 9.17) is 11.6 Å². The molecule has 1 amide bonds. The van der Waals surface area contributed by atoms with Crippen LogP contribution in [0.25, 0.3) is 5.69 Å². The Morgan fingerprint density at radius 1 is 1.39 bits per heavy atom. The molecular formula is C16H20Cl2N4O. The third-order valence-electron chi connectivity index (χ3n) is 4.08. The smallest absolute Gasteiger partial charge is 0.257 e. The zero-order chi connectivity index (χ0) is 15.7. The van der Waals surface area contributed by atoms with Gasteiger partial charge in [0.05, 0.1) is 28.2 Å². The second-order valence-corrected chi connectivity index (χ2v) is 5.97. The van der Waals surface area contributed by atoms with Gasteiger partial charge in [-0.25, -0.2) is 4.68 Å². The van der Waals surface area contributed by atoms with Crippen molar-refractivity contribution in [2.24, 2.45) is 0 Å². The molecule has 1 aromatic heterocycles. The minimum absolute atomic E-state index is 0. The van der Waals surface area contributed by atoms with E-state index in [1.54, 1.807) is 10.9 Å². The highest BCUT2D eigenvalue weighted by Crippen LogP contribution is 2.23. The molecule has 1 saturated heterocycles. The molecule has 0 unspecified atom stereocenters. The van der Waals surface area contributed by atoms with Crippen LogP contribution in [0.15, 0.2) is 30.5 Å². The molecule has 1 aliphatic rings. The summed E-state index contributed by atoms with van der Waals surface area (Å²) in [6, 6.07) is 7.67. The van der Waals surface area contributed by atoms with Crippen LogP contribution in [-0.4, -0.2) is 46.3 Å². The molecule has 124 valence electrons. The lowest BCUT2D eigenvalue weighted by atomic mass is 10.1. The number of rotatable bonds is 2. The topological polar surface area (TPSA) is 50.2 Å². The zero-order valence-electron chi connectivity index (χ0n) is 13.1. The molecule has 1 N–H and O–H groups in total. The summed E-state index contributed by atoms with van der Waals surface area (Å²) in [6.45, 7) is 6.32. The molecule has 1 atom stereocenters. The Labute approximate surface area is 147 Å². The van der Waals surface area contributed by atoms with E-state index >= 15 is 0 Å². The van der Waals surface area contributed by atoms with Crippen LogP contribution < -0.4 is 5.32 Å². The number of aromatic nitrogens is 2. The highest BCUT2D eigenvalue weighted by Gasteiger charge is 2.27. The van der Waals surface area contributed by atoms with E-state index in [1.807, 2.05) is 36.1 Å². The summed E-state index contributed by atoms with van der Waals surface area (Å²) in [7, 11) is 0. The van der Waals surface area contributed by atoms with Gasteiger partial charge in [0.25, 0.3) is 5.91 Å². The van der Waals surface area contributed by atoms with Gasteiger partial charge < -0.3 is 10.2 Å². The number of hydrogen-bond acceptors (Lipinski definition) is 3. The lowest BCUT2D eigenvalue weighted by Crippen LogP contribution is -2.52. The predicted octanol–water partition coefficient (Wildman–Crippen LogP) is 2.69. The Morgan fingerprint density at radius 2 is 2.13 bits per heavy atom. The molecule has 0 spiro atoms. The Morgan fingerprint density at radius 3 is 2.83 bits per heavy atom. The second kappa shape index (κ2) is 7.34. The molecule has 3 rings (SSSR count). The summed E-state index contributed by atoms with van der Waals surface area (Å²) in [6.07, 6.45) is 1.63. The Bertz CT molecular complexity index is 701. The number of benzene rings is 1. The summed E-state index contributed by atoms with van der Waals surface area (Å²) in [5.74, 6) is 0.0322. The number of carbonyl (C=O) groups is 1. The van der Waals surface area contributed by atoms with E-state index in [2.05, 4.69) is 17.3 Å². The Balaban J connectivity index is 0.00000192. The molecule has 5 nitrogen and oxygen atoms in total. The van der Waals surface area contributed by atoms with E-state index in [-0.39, 0.29) is 24.4 Å². The fraction of sp³-hybridized carbons (Fsp3) is 0.375. The summed E-state index contributed by atoms with van der Waals surface area (Å²) < 4.78 is 1.72. The fourth-order valence-corrected chi connectivity index (χ4v) is 3.00. The Hall–Kier alpha value is -1.56. The molecule has 0 radical (unpaired) electrons. The maximum atomic E-state index is 12.8. The number of para-hydroxylation sites is 1. The standard InChI is InChI=1S/C16H19ClN4O.ClH/c1-11-9-18-7-8-20(11)16(22)13-10-19-21(12(13)2)15-6-4-3-5-14(15)17;/h3-6,10-11,18H,7-9H2,1-2H3;1H/t11-;/m0./s1. The molecule has 2 heterocycles. The molecule has 0 bridgehead atoms. The van der Waals surface area contributed by atoms with Crippen molar-refractivity contribution < 1.29 is 4.79 Å². The number of nitrogens with one attached hydrogen (secondary N) is 1. The Kier molecular flexibility index (Phi) is 5.68. The van der Waals surface area contributed by atoms with Gasteiger partial charge in [0.15, 0.2) is 0 Å². The average molecular weight is 355 g/mol. The predicted molar refractivity (Wildman–Crippen MR) is 93.9 cm³/mol. The van der Waals surface area contributed by atoms with Gasteiger partial charge in [-0.3, -0.25) is 4.79 Å². The van der Waals surface area contributed by atoms with Crippen molar-refractivity contribution in [3.8, 4) is 5.69 Å². The van der Waals surface area contributed by atoms with Crippen molar-refractivity contribution in [3.63, 3.8) is 0 Å². The zero-order valence-corrected chi connectivity index (χ0v) is 14.7. The quantitative estimate of drug-likeness (QED) is 0.901. The lowest BCUT2D eigenvalue weighted by molar-refractivity contribution is 0.0655. The van der Waals surface area contributed by atoms with Crippen molar-refractivity contribution in [1.29, 1.82) is 0 Å². The van der Waals surface area contributed by atoms with Crippen LogP contribution in [0.1, 0.15) is 23.0 Å². The van der Waals surface area contributed by atoms with Crippen molar-refractivity contribution in [2.75, 3.05) is 19.6 Å². The van der Waals surface area contributed by atoms with E-state index in [0.717, 1.165) is 31.0 Å². The number of piperazine rings is 1. The number of halogens is 2. The normalized spacial score (nSPS) is 17.7. The number of carbonyl (C=O) groups excluding carboxylic acids is 1. The van der Waals surface area contributed by atoms with Crippen molar-refractivity contribution in [1.82, 2.24) is 20.0 Å². The summed E-state index contributed by atoms with van der Waals surface area (Å²) in [4.78, 5) is 14.7. The fourth-order valence-electron chi connectivity index (χ4n) is 2.78. The highest BCUT2D eigenvalue weighted by atomic mass is 35.5. The molecule has 0 aliphatic carbocycles. The van der Waals surface area contributed by atoms with Crippen LogP contribution in [0.2, 0.25) is 5.02 Å². The summed E-state index contributed by atoms with van der Waals surface area (Å²) >= 11 is 6.23. The van der Waals surface area contributed by atoms with Crippen LogP contribution in [0.3, 0.4) is 0 Å². The van der Waals surface area contributed by atoms with Gasteiger partial charge in [-0.15, -0.1) is 12.4 Å². The lowest BCUT2D eigenvalue weighted by Gasteiger charge is -2.33. The van der Waals surface area contributed by atoms with Gasteiger partial charge >= 0.3 is 0 Å². The van der Waals surface area contributed by atoms with Gasteiger partial charge in [-0.2, -0.15) is 5.10 Å². The maximum Gasteiger partial charge on any atom is 0.257 e. The van der Waals surface area contributed by atoms with E-state index in [0.29, 0.717) is 10.6 Å². The van der Waals surface area contributed by atoms with E-state index in [1.165, 1.54) is 0 Å². The van der Waals surface area contributed by atoms with Gasteiger partial charge in [0, 0.05) is 25.7 Å². The van der Waals surface area contributed by atoms with Crippen LogP contribution in [0, 0.1) is 6.92 Å². The SMILES string of the molecule is Cc1c(C(=O)N2CCNC[C@@H]2C)cnn1-c1ccccc1Cl.Cl. The van der Waals surface area contributed by atoms with Crippen LogP contribution in [0.4, 0.5) is 0 Å². The molecule has 0 saturated carbocycles. The van der Waals surface area contributed by atoms with Gasteiger partial charge in [0.1, 0.15) is 0 Å². The highest BCUT2D eigenvalue weighted by molar-refractivity contribution is 6.32. The first kappa shape index (κ1) is 17.8. The molecule has 1 fully saturated rings. The summed E-state index contributed by atoms with van der Waals surface area (Å²) in [5, 5.41) is 8.26. The molecular weight excluding hydrogens is 335 g/mol. The number of nitrogens with zero attached hydrogens (tertiary/aromatic N) is 3. The van der Waals surface area contributed by atoms with Crippen molar-refractivity contribution >= 4 is 29.9 Å². The van der Waals surface area contributed by atoms with Crippen molar-refractivity contribution in [2.45, 2.75) is 19.9 Å². The molecule has 2 aromatic rings. The van der Waals surface area contributed by atoms with Gasteiger partial charge in [-0.05, 0) is 26.0 Å². The minimum atomic E-state index is 0. The van der Waals surface area contributed by atoms with Crippen LogP contribution >= 0.6 is 24.0 Å².